The molecule has 1 rings (SSSR count). The smallest absolute Gasteiger partial charge is 0.151 e. The second kappa shape index (κ2) is 5.98. The Morgan fingerprint density at radius 2 is 2.00 bits per heavy atom. The summed E-state index contributed by atoms with van der Waals surface area (Å²) in [5, 5.41) is 12.1. The summed E-state index contributed by atoms with van der Waals surface area (Å²) >= 11 is 0. The van der Waals surface area contributed by atoms with Gasteiger partial charge >= 0.3 is 0 Å². The van der Waals surface area contributed by atoms with Crippen molar-refractivity contribution in [3.05, 3.63) is 0 Å². The van der Waals surface area contributed by atoms with Crippen LogP contribution in [0.25, 0.3) is 0 Å². The predicted molar refractivity (Wildman–Crippen MR) is 65.2 cm³/mol. The molecule has 0 heterocycles. The zero-order chi connectivity index (χ0) is 12.1. The first-order valence-corrected chi connectivity index (χ1v) is 7.88. The van der Waals surface area contributed by atoms with Crippen LogP contribution >= 0.6 is 0 Å². The zero-order valence-corrected chi connectivity index (χ0v) is 10.9. The molecule has 5 heteroatoms. The summed E-state index contributed by atoms with van der Waals surface area (Å²) in [6, 6.07) is 0. The maximum absolute atomic E-state index is 11.4. The van der Waals surface area contributed by atoms with E-state index < -0.39 is 9.84 Å². The van der Waals surface area contributed by atoms with Gasteiger partial charge in [-0.1, -0.05) is 6.92 Å². The molecule has 1 aliphatic rings. The van der Waals surface area contributed by atoms with Crippen molar-refractivity contribution in [2.45, 2.75) is 32.6 Å². The molecule has 0 radical (unpaired) electrons. The highest BCUT2D eigenvalue weighted by molar-refractivity contribution is 7.91. The van der Waals surface area contributed by atoms with E-state index in [-0.39, 0.29) is 23.5 Å². The molecule has 0 aromatic carbocycles. The number of aliphatic hydroxyl groups excluding tert-OH is 1. The summed E-state index contributed by atoms with van der Waals surface area (Å²) in [5.41, 5.74) is 0.267. The Morgan fingerprint density at radius 1 is 1.31 bits per heavy atom. The van der Waals surface area contributed by atoms with Crippen LogP contribution in [0.3, 0.4) is 0 Å². The SMILES string of the molecule is CCCS(=O)(=O)CCNCC1(CCO)CC1. The van der Waals surface area contributed by atoms with Crippen molar-refractivity contribution < 1.29 is 13.5 Å². The second-order valence-electron chi connectivity index (χ2n) is 4.80. The number of rotatable bonds is 9. The maximum Gasteiger partial charge on any atom is 0.151 e. The molecular formula is C11H23NO3S. The van der Waals surface area contributed by atoms with Crippen LogP contribution in [-0.2, 0) is 9.84 Å². The van der Waals surface area contributed by atoms with Gasteiger partial charge in [-0.05, 0) is 31.1 Å². The van der Waals surface area contributed by atoms with Gasteiger partial charge in [-0.15, -0.1) is 0 Å². The molecule has 0 atom stereocenters. The summed E-state index contributed by atoms with van der Waals surface area (Å²) in [5.74, 6) is 0.520. The highest BCUT2D eigenvalue weighted by Gasteiger charge is 2.41. The van der Waals surface area contributed by atoms with Gasteiger partial charge in [0.15, 0.2) is 9.84 Å². The van der Waals surface area contributed by atoms with Gasteiger partial charge in [0.25, 0.3) is 0 Å². The molecule has 1 aliphatic carbocycles. The molecule has 0 aliphatic heterocycles. The number of hydrogen-bond donors (Lipinski definition) is 2. The van der Waals surface area contributed by atoms with Crippen LogP contribution in [0, 0.1) is 5.41 Å². The van der Waals surface area contributed by atoms with E-state index in [1.807, 2.05) is 6.92 Å². The molecular weight excluding hydrogens is 226 g/mol. The first kappa shape index (κ1) is 13.9. The third-order valence-electron chi connectivity index (χ3n) is 3.20. The summed E-state index contributed by atoms with van der Waals surface area (Å²) in [7, 11) is -2.85. The lowest BCUT2D eigenvalue weighted by Crippen LogP contribution is -2.30. The molecule has 0 saturated heterocycles. The minimum absolute atomic E-state index is 0.232. The van der Waals surface area contributed by atoms with E-state index in [1.54, 1.807) is 0 Å². The first-order chi connectivity index (χ1) is 7.54. The topological polar surface area (TPSA) is 66.4 Å². The largest absolute Gasteiger partial charge is 0.396 e. The summed E-state index contributed by atoms with van der Waals surface area (Å²) in [6.07, 6.45) is 3.84. The molecule has 0 spiro atoms. The van der Waals surface area contributed by atoms with Gasteiger partial charge < -0.3 is 10.4 Å². The fraction of sp³-hybridized carbons (Fsp3) is 1.00. The van der Waals surface area contributed by atoms with Crippen molar-refractivity contribution in [1.82, 2.24) is 5.32 Å². The summed E-state index contributed by atoms with van der Waals surface area (Å²) in [6.45, 7) is 3.49. The summed E-state index contributed by atoms with van der Waals surface area (Å²) in [4.78, 5) is 0. The third kappa shape index (κ3) is 4.80. The van der Waals surface area contributed by atoms with Crippen molar-refractivity contribution in [3.63, 3.8) is 0 Å². The number of nitrogens with one attached hydrogen (secondary N) is 1. The van der Waals surface area contributed by atoms with Gasteiger partial charge in [0.1, 0.15) is 0 Å². The summed E-state index contributed by atoms with van der Waals surface area (Å²) < 4.78 is 22.8. The molecule has 2 N–H and O–H groups in total. The first-order valence-electron chi connectivity index (χ1n) is 6.06. The fourth-order valence-electron chi connectivity index (χ4n) is 1.92. The molecule has 4 nitrogen and oxygen atoms in total. The highest BCUT2D eigenvalue weighted by Crippen LogP contribution is 2.47. The molecule has 16 heavy (non-hydrogen) atoms. The second-order valence-corrected chi connectivity index (χ2v) is 7.11. The van der Waals surface area contributed by atoms with Crippen LogP contribution in [-0.4, -0.2) is 44.7 Å². The minimum Gasteiger partial charge on any atom is -0.396 e. The van der Waals surface area contributed by atoms with Gasteiger partial charge in [0.05, 0.1) is 5.75 Å². The minimum atomic E-state index is -2.85. The lowest BCUT2D eigenvalue weighted by Gasteiger charge is -2.14. The number of hydrogen-bond acceptors (Lipinski definition) is 4. The van der Waals surface area contributed by atoms with Crippen LogP contribution in [0.1, 0.15) is 32.6 Å². The van der Waals surface area contributed by atoms with E-state index >= 15 is 0 Å². The lowest BCUT2D eigenvalue weighted by atomic mass is 10.0. The van der Waals surface area contributed by atoms with Gasteiger partial charge in [0, 0.05) is 25.4 Å². The van der Waals surface area contributed by atoms with E-state index in [0.29, 0.717) is 13.0 Å². The molecule has 96 valence electrons. The third-order valence-corrected chi connectivity index (χ3v) is 5.06. The number of aliphatic hydroxyl groups is 1. The van der Waals surface area contributed by atoms with Crippen LogP contribution in [0.4, 0.5) is 0 Å². The fourth-order valence-corrected chi connectivity index (χ4v) is 3.20. The molecule has 0 aromatic rings. The van der Waals surface area contributed by atoms with Crippen molar-refractivity contribution in [2.24, 2.45) is 5.41 Å². The Morgan fingerprint density at radius 3 is 2.50 bits per heavy atom. The molecule has 1 saturated carbocycles. The zero-order valence-electron chi connectivity index (χ0n) is 10.0. The van der Waals surface area contributed by atoms with Gasteiger partial charge in [-0.3, -0.25) is 0 Å². The Labute approximate surface area is 98.4 Å². The predicted octanol–water partition coefficient (Wildman–Crippen LogP) is 0.563. The van der Waals surface area contributed by atoms with Crippen LogP contribution in [0.2, 0.25) is 0 Å². The van der Waals surface area contributed by atoms with Gasteiger partial charge in [-0.2, -0.15) is 0 Å². The van der Waals surface area contributed by atoms with Crippen molar-refractivity contribution in [2.75, 3.05) is 31.2 Å². The van der Waals surface area contributed by atoms with Gasteiger partial charge in [-0.25, -0.2) is 8.42 Å². The van der Waals surface area contributed by atoms with Gasteiger partial charge in [0.2, 0.25) is 0 Å². The molecule has 1 fully saturated rings. The van der Waals surface area contributed by atoms with Crippen LogP contribution < -0.4 is 5.32 Å². The van der Waals surface area contributed by atoms with Crippen molar-refractivity contribution in [3.8, 4) is 0 Å². The quantitative estimate of drug-likeness (QED) is 0.586. The average Bonchev–Trinajstić information content (AvgIpc) is 2.94. The highest BCUT2D eigenvalue weighted by atomic mass is 32.2. The number of sulfone groups is 1. The van der Waals surface area contributed by atoms with E-state index in [0.717, 1.165) is 25.8 Å². The average molecular weight is 249 g/mol. The maximum atomic E-state index is 11.4. The molecule has 0 amide bonds. The monoisotopic (exact) mass is 249 g/mol. The Hall–Kier alpha value is -0.130. The van der Waals surface area contributed by atoms with Crippen LogP contribution in [0.15, 0.2) is 0 Å². The van der Waals surface area contributed by atoms with Crippen molar-refractivity contribution in [1.29, 1.82) is 0 Å². The van der Waals surface area contributed by atoms with E-state index in [4.69, 9.17) is 5.11 Å². The lowest BCUT2D eigenvalue weighted by molar-refractivity contribution is 0.246. The Bertz CT molecular complexity index is 296. The van der Waals surface area contributed by atoms with E-state index in [2.05, 4.69) is 5.32 Å². The van der Waals surface area contributed by atoms with E-state index in [1.165, 1.54) is 0 Å². The van der Waals surface area contributed by atoms with E-state index in [9.17, 15) is 8.42 Å². The van der Waals surface area contributed by atoms with Crippen LogP contribution in [0.5, 0.6) is 0 Å². The van der Waals surface area contributed by atoms with Crippen molar-refractivity contribution >= 4 is 9.84 Å². The Kier molecular flexibility index (Phi) is 5.21. The normalized spacial score (nSPS) is 18.6. The Balaban J connectivity index is 2.12. The molecule has 0 unspecified atom stereocenters. The molecule has 0 bridgehead atoms. The molecule has 0 aromatic heterocycles. The standard InChI is InChI=1S/C11H23NO3S/c1-2-8-16(14,15)9-6-12-10-11(3-4-11)5-7-13/h12-13H,2-10H2,1H3.